The summed E-state index contributed by atoms with van der Waals surface area (Å²) in [4.78, 5) is 0. The first-order valence-corrected chi connectivity index (χ1v) is 5.06. The molecule has 0 unspecified atom stereocenters. The van der Waals surface area contributed by atoms with Gasteiger partial charge < -0.3 is 9.26 Å². The first-order valence-electron chi connectivity index (χ1n) is 5.06. The fraction of sp³-hybridized carbons (Fsp3) is 0.250. The lowest BCUT2D eigenvalue weighted by Gasteiger charge is -2.11. The first-order chi connectivity index (χ1) is 8.37. The number of halogens is 3. The van der Waals surface area contributed by atoms with Crippen molar-refractivity contribution in [1.29, 1.82) is 0 Å². The summed E-state index contributed by atoms with van der Waals surface area (Å²) in [7, 11) is 0. The Labute approximate surface area is 102 Å². The molecule has 1 aromatic heterocycles. The molecule has 0 aliphatic rings. The summed E-state index contributed by atoms with van der Waals surface area (Å²) in [6.45, 7) is 6.67. The Kier molecular flexibility index (Phi) is 4.36. The van der Waals surface area contributed by atoms with E-state index in [-0.39, 0.29) is 17.0 Å². The highest BCUT2D eigenvalue weighted by molar-refractivity contribution is 5.74. The number of hydrogen-bond donors (Lipinski definition) is 0. The van der Waals surface area contributed by atoms with Crippen molar-refractivity contribution in [2.45, 2.75) is 20.2 Å². The van der Waals surface area contributed by atoms with Crippen LogP contribution in [0.2, 0.25) is 0 Å². The maximum absolute atomic E-state index is 12.3. The van der Waals surface area contributed by atoms with E-state index in [0.29, 0.717) is 5.76 Å². The highest BCUT2D eigenvalue weighted by Crippen LogP contribution is 2.28. The van der Waals surface area contributed by atoms with Gasteiger partial charge in [0.25, 0.3) is 0 Å². The molecule has 0 amide bonds. The van der Waals surface area contributed by atoms with Gasteiger partial charge in [-0.15, -0.1) is 13.2 Å². The van der Waals surface area contributed by atoms with Crippen molar-refractivity contribution in [3.05, 3.63) is 48.1 Å². The van der Waals surface area contributed by atoms with Crippen LogP contribution in [0.5, 0.6) is 0 Å². The zero-order chi connectivity index (χ0) is 13.8. The summed E-state index contributed by atoms with van der Waals surface area (Å²) in [6, 6.07) is 1.50. The van der Waals surface area contributed by atoms with Gasteiger partial charge in [0.2, 0.25) is 0 Å². The molecular weight excluding hydrogens is 247 g/mol. The summed E-state index contributed by atoms with van der Waals surface area (Å²) in [5, 5.41) is 3.63. The molecule has 0 saturated carbocycles. The zero-order valence-electron chi connectivity index (χ0n) is 9.91. The minimum Gasteiger partial charge on any atom is -0.405 e. The lowest BCUT2D eigenvalue weighted by molar-refractivity contribution is -0.302. The van der Waals surface area contributed by atoms with Crippen LogP contribution >= 0.6 is 0 Å². The Balaban J connectivity index is 3.25. The van der Waals surface area contributed by atoms with Crippen molar-refractivity contribution in [2.24, 2.45) is 0 Å². The third kappa shape index (κ3) is 3.80. The minimum atomic E-state index is -4.78. The van der Waals surface area contributed by atoms with E-state index in [0.717, 1.165) is 0 Å². The Morgan fingerprint density at radius 3 is 2.56 bits per heavy atom. The van der Waals surface area contributed by atoms with Gasteiger partial charge in [0.1, 0.15) is 17.2 Å². The number of hydrogen-bond acceptors (Lipinski definition) is 3. The SMILES string of the molecule is C=C/C(=C(\C=C/C)OC(F)(F)F)c1cc(C)on1. The van der Waals surface area contributed by atoms with Gasteiger partial charge in [0, 0.05) is 11.6 Å². The van der Waals surface area contributed by atoms with Gasteiger partial charge in [0.05, 0.1) is 0 Å². The van der Waals surface area contributed by atoms with Crippen molar-refractivity contribution < 1.29 is 22.4 Å². The minimum absolute atomic E-state index is 0.113. The molecule has 98 valence electrons. The zero-order valence-corrected chi connectivity index (χ0v) is 9.91. The molecule has 0 fully saturated rings. The van der Waals surface area contributed by atoms with Crippen molar-refractivity contribution in [3.8, 4) is 0 Å². The van der Waals surface area contributed by atoms with Crippen molar-refractivity contribution in [1.82, 2.24) is 5.16 Å². The molecule has 1 heterocycles. The standard InChI is InChI=1S/C12H12F3NO2/c1-4-6-11(17-12(13,14)15)9(5-2)10-7-8(3)18-16-10/h4-7H,2H2,1,3H3/b6-4-,11-9-. The number of rotatable bonds is 4. The molecule has 0 atom stereocenters. The Hall–Kier alpha value is -1.98. The third-order valence-electron chi connectivity index (χ3n) is 1.92. The number of allylic oxidation sites excluding steroid dienone is 4. The monoisotopic (exact) mass is 259 g/mol. The highest BCUT2D eigenvalue weighted by Gasteiger charge is 2.32. The van der Waals surface area contributed by atoms with Crippen LogP contribution < -0.4 is 0 Å². The topological polar surface area (TPSA) is 35.3 Å². The van der Waals surface area contributed by atoms with Crippen LogP contribution in [-0.2, 0) is 4.74 Å². The van der Waals surface area contributed by atoms with Crippen LogP contribution in [0.4, 0.5) is 13.2 Å². The maximum atomic E-state index is 12.3. The molecule has 0 radical (unpaired) electrons. The molecule has 18 heavy (non-hydrogen) atoms. The molecule has 0 aliphatic carbocycles. The van der Waals surface area contributed by atoms with Gasteiger partial charge in [-0.1, -0.05) is 23.9 Å². The lowest BCUT2D eigenvalue weighted by atomic mass is 10.1. The second kappa shape index (κ2) is 5.57. The molecule has 1 aromatic rings. The first kappa shape index (κ1) is 14.1. The maximum Gasteiger partial charge on any atom is 0.573 e. The van der Waals surface area contributed by atoms with Gasteiger partial charge in [-0.3, -0.25) is 0 Å². The Morgan fingerprint density at radius 2 is 2.17 bits per heavy atom. The quantitative estimate of drug-likeness (QED) is 0.605. The van der Waals surface area contributed by atoms with Gasteiger partial charge in [-0.2, -0.15) is 0 Å². The van der Waals surface area contributed by atoms with E-state index in [4.69, 9.17) is 4.52 Å². The smallest absolute Gasteiger partial charge is 0.405 e. The van der Waals surface area contributed by atoms with Gasteiger partial charge >= 0.3 is 6.36 Å². The van der Waals surface area contributed by atoms with Crippen LogP contribution in [-0.4, -0.2) is 11.5 Å². The number of aryl methyl sites for hydroxylation is 1. The van der Waals surface area contributed by atoms with E-state index >= 15 is 0 Å². The summed E-state index contributed by atoms with van der Waals surface area (Å²) in [6.07, 6.45) is -0.924. The molecular formula is C12H12F3NO2. The van der Waals surface area contributed by atoms with E-state index < -0.39 is 6.36 Å². The summed E-state index contributed by atoms with van der Waals surface area (Å²) >= 11 is 0. The van der Waals surface area contributed by atoms with E-state index in [9.17, 15) is 13.2 Å². The average Bonchev–Trinajstić information content (AvgIpc) is 2.64. The molecule has 0 saturated heterocycles. The van der Waals surface area contributed by atoms with Crippen LogP contribution in [0.15, 0.2) is 41.2 Å². The van der Waals surface area contributed by atoms with Gasteiger partial charge in [-0.05, 0) is 19.9 Å². The molecule has 0 spiro atoms. The number of alkyl halides is 3. The normalized spacial score (nSPS) is 13.6. The molecule has 3 nitrogen and oxygen atoms in total. The largest absolute Gasteiger partial charge is 0.573 e. The second-order valence-corrected chi connectivity index (χ2v) is 3.35. The predicted molar refractivity (Wildman–Crippen MR) is 60.3 cm³/mol. The molecule has 0 N–H and O–H groups in total. The fourth-order valence-electron chi connectivity index (χ4n) is 1.28. The van der Waals surface area contributed by atoms with Crippen LogP contribution in [0.25, 0.3) is 5.57 Å². The number of aromatic nitrogens is 1. The summed E-state index contributed by atoms with van der Waals surface area (Å²) in [5.74, 6) is 0.101. The molecule has 1 rings (SSSR count). The number of ether oxygens (including phenoxy) is 1. The summed E-state index contributed by atoms with van der Waals surface area (Å²) < 4.78 is 45.6. The van der Waals surface area contributed by atoms with E-state index in [2.05, 4.69) is 16.5 Å². The van der Waals surface area contributed by atoms with Crippen LogP contribution in [0, 0.1) is 6.92 Å². The van der Waals surface area contributed by atoms with Crippen molar-refractivity contribution >= 4 is 5.57 Å². The second-order valence-electron chi connectivity index (χ2n) is 3.35. The molecule has 0 aliphatic heterocycles. The summed E-state index contributed by atoms with van der Waals surface area (Å²) in [5.41, 5.74) is 0.349. The van der Waals surface area contributed by atoms with Crippen LogP contribution in [0.1, 0.15) is 18.4 Å². The molecule has 0 aromatic carbocycles. The van der Waals surface area contributed by atoms with E-state index in [1.54, 1.807) is 13.8 Å². The van der Waals surface area contributed by atoms with Crippen LogP contribution in [0.3, 0.4) is 0 Å². The van der Waals surface area contributed by atoms with Crippen molar-refractivity contribution in [3.63, 3.8) is 0 Å². The van der Waals surface area contributed by atoms with Gasteiger partial charge in [-0.25, -0.2) is 0 Å². The fourth-order valence-corrected chi connectivity index (χ4v) is 1.28. The van der Waals surface area contributed by atoms with Gasteiger partial charge in [0.15, 0.2) is 0 Å². The number of nitrogens with zero attached hydrogens (tertiary/aromatic N) is 1. The average molecular weight is 259 g/mol. The Bertz CT molecular complexity index is 484. The Morgan fingerprint density at radius 1 is 1.50 bits per heavy atom. The third-order valence-corrected chi connectivity index (χ3v) is 1.92. The predicted octanol–water partition coefficient (Wildman–Crippen LogP) is 3.99. The van der Waals surface area contributed by atoms with Crippen molar-refractivity contribution in [2.75, 3.05) is 0 Å². The highest BCUT2D eigenvalue weighted by atomic mass is 19.4. The molecule has 6 heteroatoms. The van der Waals surface area contributed by atoms with E-state index in [1.807, 2.05) is 0 Å². The van der Waals surface area contributed by atoms with E-state index in [1.165, 1.54) is 24.3 Å². The lowest BCUT2D eigenvalue weighted by Crippen LogP contribution is -2.13. The molecule has 0 bridgehead atoms.